The number of hydrogen-bond donors (Lipinski definition) is 1. The highest BCUT2D eigenvalue weighted by Gasteiger charge is 2.18. The van der Waals surface area contributed by atoms with Crippen LogP contribution in [-0.2, 0) is 6.42 Å². The predicted octanol–water partition coefficient (Wildman–Crippen LogP) is 2.55. The first kappa shape index (κ1) is 14.7. The topological polar surface area (TPSA) is 49.0 Å². The second-order valence-corrected chi connectivity index (χ2v) is 5.53. The van der Waals surface area contributed by atoms with E-state index >= 15 is 0 Å². The average Bonchev–Trinajstić information content (AvgIpc) is 3.01. The summed E-state index contributed by atoms with van der Waals surface area (Å²) in [6.07, 6.45) is 2.07. The molecule has 116 valence electrons. The maximum atomic E-state index is 13.8. The van der Waals surface area contributed by atoms with Crippen molar-refractivity contribution in [3.8, 4) is 0 Å². The van der Waals surface area contributed by atoms with Crippen molar-refractivity contribution in [2.24, 2.45) is 0 Å². The molecule has 0 aliphatic carbocycles. The highest BCUT2D eigenvalue weighted by molar-refractivity contribution is 5.36. The molecular formula is C16H17F2N3O. The molecule has 1 aromatic carbocycles. The minimum Gasteiger partial charge on any atom is -0.342 e. The summed E-state index contributed by atoms with van der Waals surface area (Å²) in [4.78, 5) is 21.2. The van der Waals surface area contributed by atoms with E-state index in [9.17, 15) is 13.6 Å². The van der Waals surface area contributed by atoms with Gasteiger partial charge in [0.1, 0.15) is 11.6 Å². The molecule has 4 nitrogen and oxygen atoms in total. The van der Waals surface area contributed by atoms with Gasteiger partial charge in [-0.25, -0.2) is 13.8 Å². The summed E-state index contributed by atoms with van der Waals surface area (Å²) in [6.45, 7) is 3.28. The van der Waals surface area contributed by atoms with Gasteiger partial charge in [0.2, 0.25) is 5.95 Å². The molecule has 0 bridgehead atoms. The zero-order chi connectivity index (χ0) is 15.7. The van der Waals surface area contributed by atoms with Gasteiger partial charge in [0, 0.05) is 30.6 Å². The van der Waals surface area contributed by atoms with Crippen LogP contribution in [0.15, 0.2) is 23.0 Å². The van der Waals surface area contributed by atoms with Gasteiger partial charge in [0.05, 0.1) is 5.69 Å². The Hall–Kier alpha value is -2.24. The van der Waals surface area contributed by atoms with Gasteiger partial charge in [-0.05, 0) is 31.9 Å². The van der Waals surface area contributed by atoms with Crippen LogP contribution in [0, 0.1) is 18.6 Å². The van der Waals surface area contributed by atoms with Crippen molar-refractivity contribution in [2.75, 3.05) is 18.0 Å². The zero-order valence-electron chi connectivity index (χ0n) is 12.3. The fourth-order valence-electron chi connectivity index (χ4n) is 2.69. The third-order valence-electron chi connectivity index (χ3n) is 4.05. The van der Waals surface area contributed by atoms with E-state index in [4.69, 9.17) is 0 Å². The number of rotatable bonds is 3. The largest absolute Gasteiger partial charge is 0.342 e. The molecule has 1 fully saturated rings. The van der Waals surface area contributed by atoms with Crippen LogP contribution in [0.5, 0.6) is 0 Å². The molecule has 1 saturated heterocycles. The Morgan fingerprint density at radius 1 is 1.23 bits per heavy atom. The minimum absolute atomic E-state index is 0.0326. The van der Waals surface area contributed by atoms with Gasteiger partial charge in [-0.1, -0.05) is 6.07 Å². The van der Waals surface area contributed by atoms with Gasteiger partial charge < -0.3 is 4.90 Å². The summed E-state index contributed by atoms with van der Waals surface area (Å²) < 4.78 is 27.6. The number of aromatic amines is 1. The molecule has 3 rings (SSSR count). The molecule has 22 heavy (non-hydrogen) atoms. The second kappa shape index (κ2) is 5.87. The number of nitrogens with zero attached hydrogens (tertiary/aromatic N) is 2. The van der Waals surface area contributed by atoms with Gasteiger partial charge in [0.25, 0.3) is 5.56 Å². The van der Waals surface area contributed by atoms with Crippen LogP contribution >= 0.6 is 0 Å². The van der Waals surface area contributed by atoms with Gasteiger partial charge in [-0.2, -0.15) is 0 Å². The van der Waals surface area contributed by atoms with Crippen molar-refractivity contribution >= 4 is 5.95 Å². The van der Waals surface area contributed by atoms with Gasteiger partial charge >= 0.3 is 0 Å². The molecular weight excluding hydrogens is 288 g/mol. The van der Waals surface area contributed by atoms with E-state index in [-0.39, 0.29) is 17.5 Å². The van der Waals surface area contributed by atoms with E-state index in [0.717, 1.165) is 25.9 Å². The Bertz CT molecular complexity index is 731. The Labute approximate surface area is 126 Å². The molecule has 0 unspecified atom stereocenters. The van der Waals surface area contributed by atoms with E-state index in [2.05, 4.69) is 9.97 Å². The predicted molar refractivity (Wildman–Crippen MR) is 80.2 cm³/mol. The molecule has 0 radical (unpaired) electrons. The number of H-pyrrole nitrogens is 1. The van der Waals surface area contributed by atoms with Crippen molar-refractivity contribution in [3.63, 3.8) is 0 Å². The molecule has 0 amide bonds. The molecule has 1 N–H and O–H groups in total. The van der Waals surface area contributed by atoms with Crippen molar-refractivity contribution in [2.45, 2.75) is 26.2 Å². The number of halogens is 2. The molecule has 0 spiro atoms. The number of aromatic nitrogens is 2. The molecule has 0 saturated carbocycles. The van der Waals surface area contributed by atoms with Crippen LogP contribution in [0.25, 0.3) is 0 Å². The standard InChI is InChI=1S/C16H17F2N3O/c1-10-14(9-11-12(17)5-4-6-13(11)18)19-16(20-15(10)22)21-7-2-3-8-21/h4-6H,2-3,7-9H2,1H3,(H,19,20,22). The van der Waals surface area contributed by atoms with E-state index < -0.39 is 11.6 Å². The first-order chi connectivity index (χ1) is 10.6. The molecule has 1 aromatic heterocycles. The summed E-state index contributed by atoms with van der Waals surface area (Å²) in [6, 6.07) is 3.74. The third-order valence-corrected chi connectivity index (χ3v) is 4.05. The number of benzene rings is 1. The Balaban J connectivity index is 2.01. The van der Waals surface area contributed by atoms with Crippen LogP contribution in [0.1, 0.15) is 29.7 Å². The Morgan fingerprint density at radius 3 is 2.50 bits per heavy atom. The summed E-state index contributed by atoms with van der Waals surface area (Å²) >= 11 is 0. The van der Waals surface area contributed by atoms with Crippen LogP contribution in [0.2, 0.25) is 0 Å². The highest BCUT2D eigenvalue weighted by Crippen LogP contribution is 2.19. The van der Waals surface area contributed by atoms with E-state index in [0.29, 0.717) is 17.2 Å². The lowest BCUT2D eigenvalue weighted by molar-refractivity contribution is 0.560. The second-order valence-electron chi connectivity index (χ2n) is 5.53. The van der Waals surface area contributed by atoms with E-state index in [1.54, 1.807) is 6.92 Å². The lowest BCUT2D eigenvalue weighted by Gasteiger charge is -2.17. The average molecular weight is 305 g/mol. The lowest BCUT2D eigenvalue weighted by atomic mass is 10.1. The Kier molecular flexibility index (Phi) is 3.92. The van der Waals surface area contributed by atoms with Gasteiger partial charge in [0.15, 0.2) is 0 Å². The number of hydrogen-bond acceptors (Lipinski definition) is 3. The van der Waals surface area contributed by atoms with E-state index in [1.165, 1.54) is 18.2 Å². The molecule has 1 aliphatic rings. The van der Waals surface area contributed by atoms with Gasteiger partial charge in [-0.3, -0.25) is 9.78 Å². The zero-order valence-corrected chi connectivity index (χ0v) is 12.3. The molecule has 0 atom stereocenters. The van der Waals surface area contributed by atoms with Crippen molar-refractivity contribution in [1.29, 1.82) is 0 Å². The van der Waals surface area contributed by atoms with Crippen molar-refractivity contribution < 1.29 is 8.78 Å². The van der Waals surface area contributed by atoms with Crippen LogP contribution in [0.3, 0.4) is 0 Å². The van der Waals surface area contributed by atoms with E-state index in [1.807, 2.05) is 4.90 Å². The van der Waals surface area contributed by atoms with Gasteiger partial charge in [-0.15, -0.1) is 0 Å². The Morgan fingerprint density at radius 2 is 1.86 bits per heavy atom. The first-order valence-corrected chi connectivity index (χ1v) is 7.34. The molecule has 6 heteroatoms. The quantitative estimate of drug-likeness (QED) is 0.948. The monoisotopic (exact) mass is 305 g/mol. The summed E-state index contributed by atoms with van der Waals surface area (Å²) in [5.74, 6) is -0.756. The lowest BCUT2D eigenvalue weighted by Crippen LogP contribution is -2.26. The summed E-state index contributed by atoms with van der Waals surface area (Å²) in [7, 11) is 0. The first-order valence-electron chi connectivity index (χ1n) is 7.34. The third kappa shape index (κ3) is 2.73. The van der Waals surface area contributed by atoms with Crippen molar-refractivity contribution in [3.05, 3.63) is 57.0 Å². The van der Waals surface area contributed by atoms with Crippen LogP contribution in [0.4, 0.5) is 14.7 Å². The normalized spacial score (nSPS) is 14.6. The SMILES string of the molecule is Cc1c(Cc2c(F)cccc2F)nc(N2CCCC2)[nH]c1=O. The molecule has 2 aromatic rings. The summed E-state index contributed by atoms with van der Waals surface area (Å²) in [5, 5.41) is 0. The maximum absolute atomic E-state index is 13.8. The van der Waals surface area contributed by atoms with Crippen LogP contribution in [-0.4, -0.2) is 23.1 Å². The maximum Gasteiger partial charge on any atom is 0.255 e. The van der Waals surface area contributed by atoms with Crippen LogP contribution < -0.4 is 10.5 Å². The smallest absolute Gasteiger partial charge is 0.255 e. The fourth-order valence-corrected chi connectivity index (χ4v) is 2.69. The molecule has 1 aliphatic heterocycles. The molecule has 2 heterocycles. The summed E-state index contributed by atoms with van der Waals surface area (Å²) in [5.41, 5.74) is 0.486. The van der Waals surface area contributed by atoms with Crippen molar-refractivity contribution in [1.82, 2.24) is 9.97 Å². The number of nitrogens with one attached hydrogen (secondary N) is 1. The highest BCUT2D eigenvalue weighted by atomic mass is 19.1. The minimum atomic E-state index is -0.621. The fraction of sp³-hybridized carbons (Fsp3) is 0.375. The number of anilines is 1.